The molecule has 0 spiro atoms. The minimum absolute atomic E-state index is 0.625. The molecular weight excluding hydrogens is 364 g/mol. The zero-order valence-corrected chi connectivity index (χ0v) is 15.2. The predicted molar refractivity (Wildman–Crippen MR) is 95.2 cm³/mol. The number of rotatable bonds is 3. The maximum atomic E-state index is 6.07. The Morgan fingerprint density at radius 1 is 1.21 bits per heavy atom. The quantitative estimate of drug-likeness (QED) is 0.503. The molecule has 1 aromatic carbocycles. The van der Waals surface area contributed by atoms with Crippen LogP contribution in [0.2, 0.25) is 5.02 Å². The summed E-state index contributed by atoms with van der Waals surface area (Å²) in [6.07, 6.45) is 1.58. The predicted octanol–water partition coefficient (Wildman–Crippen LogP) is 4.09. The highest BCUT2D eigenvalue weighted by Gasteiger charge is 2.17. The summed E-state index contributed by atoms with van der Waals surface area (Å²) in [4.78, 5) is 11.0. The van der Waals surface area contributed by atoms with E-state index >= 15 is 0 Å². The van der Waals surface area contributed by atoms with Gasteiger partial charge in [-0.05, 0) is 59.8 Å². The third-order valence-electron chi connectivity index (χ3n) is 3.61. The largest absolute Gasteiger partial charge is 0.229 e. The van der Waals surface area contributed by atoms with Gasteiger partial charge in [-0.2, -0.15) is 4.68 Å². The van der Waals surface area contributed by atoms with Crippen LogP contribution in [0.1, 0.15) is 10.4 Å². The third-order valence-corrected chi connectivity index (χ3v) is 5.90. The minimum Gasteiger partial charge on any atom is -0.229 e. The van der Waals surface area contributed by atoms with Gasteiger partial charge in [0.2, 0.25) is 5.16 Å². The Bertz CT molecular complexity index is 1040. The maximum Gasteiger partial charge on any atom is 0.220 e. The third kappa shape index (κ3) is 2.66. The normalized spacial score (nSPS) is 11.3. The molecular formula is C15H11ClN6S2. The van der Waals surface area contributed by atoms with Gasteiger partial charge in [-0.1, -0.05) is 17.7 Å². The molecule has 9 heteroatoms. The summed E-state index contributed by atoms with van der Waals surface area (Å²) in [5.41, 5.74) is 2.00. The topological polar surface area (TPSA) is 69.4 Å². The highest BCUT2D eigenvalue weighted by molar-refractivity contribution is 7.99. The van der Waals surface area contributed by atoms with E-state index in [1.807, 2.05) is 24.3 Å². The van der Waals surface area contributed by atoms with Crippen molar-refractivity contribution in [1.82, 2.24) is 30.2 Å². The molecule has 3 aromatic heterocycles. The number of aryl methyl sites for hydroxylation is 2. The Morgan fingerprint density at radius 3 is 2.92 bits per heavy atom. The summed E-state index contributed by atoms with van der Waals surface area (Å²) in [6, 6.07) is 7.40. The van der Waals surface area contributed by atoms with E-state index in [1.54, 1.807) is 22.3 Å². The van der Waals surface area contributed by atoms with Gasteiger partial charge in [0.15, 0.2) is 0 Å². The standard InChI is InChI=1S/C15H11ClN6S2/c1-8-9(2)23-13-12(8)14(18-7-17-13)24-15-19-20-21-22(15)11-5-3-4-10(16)6-11/h3-7H,1-2H3. The van der Waals surface area contributed by atoms with Crippen LogP contribution in [0.15, 0.2) is 40.8 Å². The SMILES string of the molecule is Cc1sc2ncnc(Sc3nnnn3-c3cccc(Cl)c3)c2c1C. The van der Waals surface area contributed by atoms with E-state index in [0.29, 0.717) is 10.2 Å². The lowest BCUT2D eigenvalue weighted by Crippen LogP contribution is -1.99. The second-order valence-electron chi connectivity index (χ2n) is 5.10. The number of hydrogen-bond acceptors (Lipinski definition) is 7. The first-order chi connectivity index (χ1) is 11.6. The summed E-state index contributed by atoms with van der Waals surface area (Å²) in [6.45, 7) is 4.17. The highest BCUT2D eigenvalue weighted by Crippen LogP contribution is 2.37. The van der Waals surface area contributed by atoms with Gasteiger partial charge in [0.25, 0.3) is 0 Å². The van der Waals surface area contributed by atoms with Crippen LogP contribution in [0.25, 0.3) is 15.9 Å². The Hall–Kier alpha value is -2.03. The van der Waals surface area contributed by atoms with Crippen molar-refractivity contribution in [2.75, 3.05) is 0 Å². The van der Waals surface area contributed by atoms with E-state index in [0.717, 1.165) is 20.9 Å². The first kappa shape index (κ1) is 15.5. The molecule has 0 saturated carbocycles. The van der Waals surface area contributed by atoms with Crippen molar-refractivity contribution >= 4 is 44.9 Å². The first-order valence-corrected chi connectivity index (χ1v) is 9.07. The number of aromatic nitrogens is 6. The Morgan fingerprint density at radius 2 is 2.08 bits per heavy atom. The molecule has 0 bridgehead atoms. The summed E-state index contributed by atoms with van der Waals surface area (Å²) in [7, 11) is 0. The molecule has 0 atom stereocenters. The molecule has 24 heavy (non-hydrogen) atoms. The van der Waals surface area contributed by atoms with Gasteiger partial charge in [-0.15, -0.1) is 16.4 Å². The van der Waals surface area contributed by atoms with Gasteiger partial charge in [0, 0.05) is 15.3 Å². The van der Waals surface area contributed by atoms with E-state index in [1.165, 1.54) is 22.2 Å². The van der Waals surface area contributed by atoms with E-state index in [2.05, 4.69) is 39.3 Å². The summed E-state index contributed by atoms with van der Waals surface area (Å²) in [5, 5.41) is 15.1. The molecule has 0 aliphatic heterocycles. The molecule has 0 N–H and O–H groups in total. The van der Waals surface area contributed by atoms with Crippen LogP contribution in [0.3, 0.4) is 0 Å². The highest BCUT2D eigenvalue weighted by atomic mass is 35.5. The van der Waals surface area contributed by atoms with Crippen molar-refractivity contribution in [3.8, 4) is 5.69 Å². The molecule has 6 nitrogen and oxygen atoms in total. The lowest BCUT2D eigenvalue weighted by molar-refractivity contribution is 0.756. The number of nitrogens with zero attached hydrogens (tertiary/aromatic N) is 6. The number of fused-ring (bicyclic) bond motifs is 1. The zero-order chi connectivity index (χ0) is 16.7. The van der Waals surface area contributed by atoms with Crippen LogP contribution in [0, 0.1) is 13.8 Å². The van der Waals surface area contributed by atoms with Crippen LogP contribution in [-0.4, -0.2) is 30.2 Å². The van der Waals surface area contributed by atoms with Crippen molar-refractivity contribution in [3.63, 3.8) is 0 Å². The fourth-order valence-electron chi connectivity index (χ4n) is 2.33. The lowest BCUT2D eigenvalue weighted by Gasteiger charge is -2.05. The van der Waals surface area contributed by atoms with Gasteiger partial charge in [-0.3, -0.25) is 0 Å². The van der Waals surface area contributed by atoms with Gasteiger partial charge >= 0.3 is 0 Å². The van der Waals surface area contributed by atoms with Crippen LogP contribution in [0.5, 0.6) is 0 Å². The molecule has 0 amide bonds. The van der Waals surface area contributed by atoms with Crippen LogP contribution in [0.4, 0.5) is 0 Å². The molecule has 3 heterocycles. The average Bonchev–Trinajstić information content (AvgIpc) is 3.13. The van der Waals surface area contributed by atoms with Crippen molar-refractivity contribution in [1.29, 1.82) is 0 Å². The van der Waals surface area contributed by atoms with Crippen molar-refractivity contribution in [3.05, 3.63) is 46.1 Å². The first-order valence-electron chi connectivity index (χ1n) is 7.06. The molecule has 0 radical (unpaired) electrons. The fraction of sp³-hybridized carbons (Fsp3) is 0.133. The van der Waals surface area contributed by atoms with E-state index in [9.17, 15) is 0 Å². The van der Waals surface area contributed by atoms with Gasteiger partial charge < -0.3 is 0 Å². The van der Waals surface area contributed by atoms with Crippen LogP contribution in [-0.2, 0) is 0 Å². The number of tetrazole rings is 1. The van der Waals surface area contributed by atoms with E-state index in [-0.39, 0.29) is 0 Å². The molecule has 0 fully saturated rings. The summed E-state index contributed by atoms with van der Waals surface area (Å²) < 4.78 is 1.65. The zero-order valence-electron chi connectivity index (χ0n) is 12.8. The van der Waals surface area contributed by atoms with E-state index < -0.39 is 0 Å². The molecule has 0 aliphatic carbocycles. The molecule has 120 valence electrons. The Kier molecular flexibility index (Phi) is 3.95. The second-order valence-corrected chi connectivity index (χ2v) is 7.69. The monoisotopic (exact) mass is 374 g/mol. The Balaban J connectivity index is 1.79. The molecule has 0 unspecified atom stereocenters. The number of benzene rings is 1. The number of hydrogen-bond donors (Lipinski definition) is 0. The van der Waals surface area contributed by atoms with Crippen molar-refractivity contribution < 1.29 is 0 Å². The number of thiophene rings is 1. The summed E-state index contributed by atoms with van der Waals surface area (Å²) >= 11 is 9.15. The Labute approximate surface area is 150 Å². The maximum absolute atomic E-state index is 6.07. The molecule has 4 aromatic rings. The lowest BCUT2D eigenvalue weighted by atomic mass is 10.2. The molecule has 4 rings (SSSR count). The molecule has 0 aliphatic rings. The second kappa shape index (κ2) is 6.12. The summed E-state index contributed by atoms with van der Waals surface area (Å²) in [5.74, 6) is 0. The average molecular weight is 375 g/mol. The van der Waals surface area contributed by atoms with Crippen molar-refractivity contribution in [2.45, 2.75) is 24.0 Å². The smallest absolute Gasteiger partial charge is 0.220 e. The van der Waals surface area contributed by atoms with E-state index in [4.69, 9.17) is 11.6 Å². The van der Waals surface area contributed by atoms with Crippen LogP contribution >= 0.6 is 34.7 Å². The fourth-order valence-corrected chi connectivity index (χ4v) is 4.50. The minimum atomic E-state index is 0.625. The van der Waals surface area contributed by atoms with Crippen LogP contribution < -0.4 is 0 Å². The van der Waals surface area contributed by atoms with Gasteiger partial charge in [-0.25, -0.2) is 9.97 Å². The van der Waals surface area contributed by atoms with Crippen molar-refractivity contribution in [2.24, 2.45) is 0 Å². The van der Waals surface area contributed by atoms with Gasteiger partial charge in [0.1, 0.15) is 16.2 Å². The molecule has 0 saturated heterocycles. The van der Waals surface area contributed by atoms with Gasteiger partial charge in [0.05, 0.1) is 5.69 Å². The number of halogens is 1.